The fourth-order valence-corrected chi connectivity index (χ4v) is 2.03. The summed E-state index contributed by atoms with van der Waals surface area (Å²) in [5.74, 6) is -2.05. The molecule has 0 saturated heterocycles. The Hall–Kier alpha value is -1.01. The third kappa shape index (κ3) is 3.24. The van der Waals surface area contributed by atoms with Crippen LogP contribution in [-0.2, 0) is 14.8 Å². The topological polar surface area (TPSA) is 63.6 Å². The van der Waals surface area contributed by atoms with Gasteiger partial charge in [0.25, 0.3) is 0 Å². The van der Waals surface area contributed by atoms with Crippen LogP contribution in [-0.4, -0.2) is 20.6 Å². The molecular weight excluding hydrogens is 247 g/mol. The monoisotopic (exact) mass is 254 g/mol. The van der Waals surface area contributed by atoms with Crippen molar-refractivity contribution in [2.75, 3.05) is 7.11 Å². The first-order chi connectivity index (χ1) is 6.83. The molecule has 4 nitrogen and oxygen atoms in total. The van der Waals surface area contributed by atoms with Crippen LogP contribution >= 0.6 is 10.7 Å². The van der Waals surface area contributed by atoms with Crippen molar-refractivity contribution in [1.29, 1.82) is 0 Å². The number of phenols is 1. The van der Waals surface area contributed by atoms with E-state index in [1.165, 1.54) is 7.11 Å². The minimum absolute atomic E-state index is 0.0227. The predicted octanol–water partition coefficient (Wildman–Crippen LogP) is 1.61. The van der Waals surface area contributed by atoms with Crippen molar-refractivity contribution in [2.24, 2.45) is 0 Å². The second-order valence-electron chi connectivity index (χ2n) is 2.80. The highest BCUT2D eigenvalue weighted by atomic mass is 35.7. The summed E-state index contributed by atoms with van der Waals surface area (Å²) in [4.78, 5) is 0. The van der Waals surface area contributed by atoms with E-state index < -0.39 is 26.4 Å². The molecule has 15 heavy (non-hydrogen) atoms. The Bertz CT molecular complexity index is 472. The lowest BCUT2D eigenvalue weighted by Gasteiger charge is -2.07. The first-order valence-corrected chi connectivity index (χ1v) is 6.29. The van der Waals surface area contributed by atoms with E-state index in [1.807, 2.05) is 0 Å². The SMILES string of the molecule is COc1cc(F)c(O)cc1CS(=O)(=O)Cl. The quantitative estimate of drug-likeness (QED) is 0.833. The molecule has 0 aliphatic heterocycles. The van der Waals surface area contributed by atoms with Crippen molar-refractivity contribution in [3.05, 3.63) is 23.5 Å². The molecule has 7 heteroatoms. The molecule has 0 radical (unpaired) electrons. The number of hydrogen-bond acceptors (Lipinski definition) is 4. The molecule has 0 amide bonds. The van der Waals surface area contributed by atoms with Gasteiger partial charge in [0.2, 0.25) is 9.05 Å². The zero-order valence-corrected chi connectivity index (χ0v) is 9.27. The van der Waals surface area contributed by atoms with Crippen LogP contribution in [0, 0.1) is 5.82 Å². The summed E-state index contributed by atoms with van der Waals surface area (Å²) in [7, 11) is 2.51. The van der Waals surface area contributed by atoms with Gasteiger partial charge in [-0.3, -0.25) is 0 Å². The van der Waals surface area contributed by atoms with Crippen molar-refractivity contribution in [3.8, 4) is 11.5 Å². The van der Waals surface area contributed by atoms with Gasteiger partial charge >= 0.3 is 0 Å². The molecule has 1 aromatic rings. The van der Waals surface area contributed by atoms with Gasteiger partial charge in [0.15, 0.2) is 11.6 Å². The van der Waals surface area contributed by atoms with Gasteiger partial charge in [-0.2, -0.15) is 0 Å². The van der Waals surface area contributed by atoms with E-state index in [2.05, 4.69) is 0 Å². The van der Waals surface area contributed by atoms with E-state index in [4.69, 9.17) is 20.5 Å². The molecule has 0 heterocycles. The maximum absolute atomic E-state index is 12.9. The molecule has 1 N–H and O–H groups in total. The van der Waals surface area contributed by atoms with Gasteiger partial charge < -0.3 is 9.84 Å². The second-order valence-corrected chi connectivity index (χ2v) is 5.58. The summed E-state index contributed by atoms with van der Waals surface area (Å²) in [5, 5.41) is 9.05. The molecule has 0 saturated carbocycles. The Morgan fingerprint density at radius 2 is 2.13 bits per heavy atom. The van der Waals surface area contributed by atoms with Crippen molar-refractivity contribution in [3.63, 3.8) is 0 Å². The van der Waals surface area contributed by atoms with Gasteiger partial charge in [0, 0.05) is 22.3 Å². The normalized spacial score (nSPS) is 11.4. The third-order valence-electron chi connectivity index (χ3n) is 1.68. The van der Waals surface area contributed by atoms with E-state index in [0.29, 0.717) is 0 Å². The van der Waals surface area contributed by atoms with Crippen molar-refractivity contribution >= 4 is 19.7 Å². The van der Waals surface area contributed by atoms with E-state index in [9.17, 15) is 12.8 Å². The van der Waals surface area contributed by atoms with Crippen LogP contribution in [0.4, 0.5) is 4.39 Å². The van der Waals surface area contributed by atoms with Gasteiger partial charge in [-0.05, 0) is 6.07 Å². The lowest BCUT2D eigenvalue weighted by molar-refractivity contribution is 0.395. The Kier molecular flexibility index (Phi) is 3.41. The highest BCUT2D eigenvalue weighted by Gasteiger charge is 2.15. The molecule has 0 aliphatic rings. The van der Waals surface area contributed by atoms with E-state index in [0.717, 1.165) is 12.1 Å². The lowest BCUT2D eigenvalue weighted by Crippen LogP contribution is -1.99. The highest BCUT2D eigenvalue weighted by molar-refractivity contribution is 8.13. The molecule has 1 aromatic carbocycles. The predicted molar refractivity (Wildman–Crippen MR) is 53.1 cm³/mol. The number of aromatic hydroxyl groups is 1. The zero-order valence-electron chi connectivity index (χ0n) is 7.70. The van der Waals surface area contributed by atoms with Gasteiger partial charge in [0.05, 0.1) is 12.9 Å². The molecule has 0 aliphatic carbocycles. The summed E-state index contributed by atoms with van der Waals surface area (Å²) < 4.78 is 39.2. The van der Waals surface area contributed by atoms with Crippen LogP contribution in [0.25, 0.3) is 0 Å². The molecule has 0 spiro atoms. The second kappa shape index (κ2) is 4.24. The summed E-state index contributed by atoms with van der Waals surface area (Å²) in [6.45, 7) is 0. The van der Waals surface area contributed by atoms with Gasteiger partial charge in [-0.25, -0.2) is 12.8 Å². The largest absolute Gasteiger partial charge is 0.505 e. The molecule has 1 rings (SSSR count). The van der Waals surface area contributed by atoms with Crippen LogP contribution in [0.5, 0.6) is 11.5 Å². The van der Waals surface area contributed by atoms with Crippen molar-refractivity contribution < 1.29 is 22.7 Å². The minimum Gasteiger partial charge on any atom is -0.505 e. The van der Waals surface area contributed by atoms with E-state index in [1.54, 1.807) is 0 Å². The zero-order chi connectivity index (χ0) is 11.6. The number of benzene rings is 1. The van der Waals surface area contributed by atoms with Crippen LogP contribution in [0.2, 0.25) is 0 Å². The maximum Gasteiger partial charge on any atom is 0.236 e. The average molecular weight is 255 g/mol. The number of hydrogen-bond donors (Lipinski definition) is 1. The maximum atomic E-state index is 12.9. The molecule has 84 valence electrons. The Morgan fingerprint density at radius 3 is 2.60 bits per heavy atom. The number of rotatable bonds is 3. The fraction of sp³-hybridized carbons (Fsp3) is 0.250. The number of phenolic OH excluding ortho intramolecular Hbond substituents is 1. The Labute approximate surface area is 90.7 Å². The minimum atomic E-state index is -3.78. The van der Waals surface area contributed by atoms with E-state index in [-0.39, 0.29) is 11.3 Å². The molecular formula is C8H8ClFO4S. The lowest BCUT2D eigenvalue weighted by atomic mass is 10.2. The van der Waals surface area contributed by atoms with Crippen molar-refractivity contribution in [1.82, 2.24) is 0 Å². The standard InChI is InChI=1S/C8H8ClFO4S/c1-14-8-3-6(10)7(11)2-5(8)4-15(9,12)13/h2-3,11H,4H2,1H3. The Balaban J connectivity index is 3.22. The summed E-state index contributed by atoms with van der Waals surface area (Å²) in [6.07, 6.45) is 0. The summed E-state index contributed by atoms with van der Waals surface area (Å²) in [5.41, 5.74) is 0.103. The molecule has 0 unspecified atom stereocenters. The summed E-state index contributed by atoms with van der Waals surface area (Å²) >= 11 is 0. The van der Waals surface area contributed by atoms with Gasteiger partial charge in [-0.15, -0.1) is 0 Å². The van der Waals surface area contributed by atoms with Crippen LogP contribution in [0.1, 0.15) is 5.56 Å². The number of halogens is 2. The van der Waals surface area contributed by atoms with Gasteiger partial charge in [-0.1, -0.05) is 0 Å². The molecule has 0 bridgehead atoms. The first-order valence-electron chi connectivity index (χ1n) is 3.81. The van der Waals surface area contributed by atoms with E-state index >= 15 is 0 Å². The first kappa shape index (κ1) is 12.1. The third-order valence-corrected chi connectivity index (χ3v) is 2.66. The van der Waals surface area contributed by atoms with Crippen LogP contribution in [0.3, 0.4) is 0 Å². The smallest absolute Gasteiger partial charge is 0.236 e. The van der Waals surface area contributed by atoms with Crippen LogP contribution in [0.15, 0.2) is 12.1 Å². The highest BCUT2D eigenvalue weighted by Crippen LogP contribution is 2.28. The van der Waals surface area contributed by atoms with Crippen molar-refractivity contribution in [2.45, 2.75) is 5.75 Å². The molecule has 0 atom stereocenters. The average Bonchev–Trinajstić information content (AvgIpc) is 2.08. The molecule has 0 fully saturated rings. The molecule has 0 aromatic heterocycles. The summed E-state index contributed by atoms with van der Waals surface area (Å²) in [6, 6.07) is 1.86. The van der Waals surface area contributed by atoms with Crippen LogP contribution < -0.4 is 4.74 Å². The number of methoxy groups -OCH3 is 1. The number of ether oxygens (including phenoxy) is 1. The Morgan fingerprint density at radius 1 is 1.53 bits per heavy atom. The van der Waals surface area contributed by atoms with Gasteiger partial charge in [0.1, 0.15) is 5.75 Å². The fourth-order valence-electron chi connectivity index (χ4n) is 1.08.